The van der Waals surface area contributed by atoms with Crippen LogP contribution in [0.5, 0.6) is 5.75 Å². The number of benzene rings is 2. The number of halogens is 1. The van der Waals surface area contributed by atoms with E-state index in [4.69, 9.17) is 4.74 Å². The Morgan fingerprint density at radius 1 is 1.19 bits per heavy atom. The summed E-state index contributed by atoms with van der Waals surface area (Å²) >= 11 is 0. The summed E-state index contributed by atoms with van der Waals surface area (Å²) in [6.45, 7) is 3.10. The van der Waals surface area contributed by atoms with Gasteiger partial charge >= 0.3 is 0 Å². The first-order valence-corrected chi connectivity index (χ1v) is 12.9. The van der Waals surface area contributed by atoms with Gasteiger partial charge in [-0.3, -0.25) is 14.9 Å². The lowest BCUT2D eigenvalue weighted by Crippen LogP contribution is -2.40. The van der Waals surface area contributed by atoms with E-state index in [1.807, 2.05) is 25.4 Å². The normalized spacial score (nSPS) is 16.4. The molecule has 2 aromatic heterocycles. The van der Waals surface area contributed by atoms with Gasteiger partial charge < -0.3 is 14.5 Å². The van der Waals surface area contributed by atoms with Gasteiger partial charge in [-0.25, -0.2) is 4.39 Å². The molecule has 190 valence electrons. The molecule has 8 heteroatoms. The molecule has 1 amide bonds. The van der Waals surface area contributed by atoms with Crippen molar-refractivity contribution in [3.05, 3.63) is 78.0 Å². The van der Waals surface area contributed by atoms with Crippen LogP contribution in [0.2, 0.25) is 0 Å². The highest BCUT2D eigenvalue weighted by Gasteiger charge is 2.29. The lowest BCUT2D eigenvalue weighted by atomic mass is 9.99. The van der Waals surface area contributed by atoms with Gasteiger partial charge in [0.05, 0.1) is 23.9 Å². The number of aromatic nitrogens is 3. The maximum atomic E-state index is 14.0. The van der Waals surface area contributed by atoms with Crippen LogP contribution >= 0.6 is 0 Å². The number of hydrogen-bond acceptors (Lipinski definition) is 5. The maximum absolute atomic E-state index is 14.0. The van der Waals surface area contributed by atoms with Crippen LogP contribution in [-0.2, 0) is 0 Å². The van der Waals surface area contributed by atoms with E-state index in [-0.39, 0.29) is 23.9 Å². The Hall–Kier alpha value is -3.78. The highest BCUT2D eigenvalue weighted by atomic mass is 19.1. The number of likely N-dealkylation sites (tertiary alicyclic amines) is 1. The summed E-state index contributed by atoms with van der Waals surface area (Å²) in [5.41, 5.74) is 3.91. The molecule has 37 heavy (non-hydrogen) atoms. The molecule has 1 saturated heterocycles. The minimum Gasteiger partial charge on any atom is -0.490 e. The number of hydrogen-bond donors (Lipinski definition) is 1. The predicted molar refractivity (Wildman–Crippen MR) is 140 cm³/mol. The van der Waals surface area contributed by atoms with Crippen LogP contribution in [-0.4, -0.2) is 63.7 Å². The molecule has 0 bridgehead atoms. The Labute approximate surface area is 215 Å². The summed E-state index contributed by atoms with van der Waals surface area (Å²) in [6, 6.07) is 11.8. The van der Waals surface area contributed by atoms with Crippen molar-refractivity contribution < 1.29 is 13.9 Å². The fourth-order valence-electron chi connectivity index (χ4n) is 4.97. The zero-order chi connectivity index (χ0) is 25.4. The second kappa shape index (κ2) is 9.94. The maximum Gasteiger partial charge on any atom is 0.254 e. The molecule has 0 unspecified atom stereocenters. The number of H-pyrrole nitrogens is 1. The van der Waals surface area contributed by atoms with E-state index in [1.54, 1.807) is 35.5 Å². The number of carbonyl (C=O) groups is 1. The van der Waals surface area contributed by atoms with Crippen LogP contribution in [0.15, 0.2) is 61.1 Å². The number of carbonyl (C=O) groups excluding carboxylic acids is 1. The number of nitrogens with zero attached hydrogens (tertiary/aromatic N) is 4. The molecule has 0 spiro atoms. The highest BCUT2D eigenvalue weighted by molar-refractivity contribution is 5.96. The van der Waals surface area contributed by atoms with E-state index >= 15 is 0 Å². The van der Waals surface area contributed by atoms with Crippen molar-refractivity contribution in [3.63, 3.8) is 0 Å². The molecule has 2 fully saturated rings. The zero-order valence-corrected chi connectivity index (χ0v) is 20.9. The lowest BCUT2D eigenvalue weighted by molar-refractivity contribution is 0.0698. The van der Waals surface area contributed by atoms with Gasteiger partial charge in [0.2, 0.25) is 0 Å². The molecule has 1 aliphatic carbocycles. The largest absolute Gasteiger partial charge is 0.490 e. The first-order valence-electron chi connectivity index (χ1n) is 12.9. The number of pyridine rings is 1. The van der Waals surface area contributed by atoms with Crippen molar-refractivity contribution in [3.8, 4) is 16.9 Å². The minimum absolute atomic E-state index is 0.100. The van der Waals surface area contributed by atoms with Crippen molar-refractivity contribution in [2.45, 2.75) is 37.8 Å². The van der Waals surface area contributed by atoms with Crippen LogP contribution in [0.3, 0.4) is 0 Å². The molecule has 0 radical (unpaired) electrons. The zero-order valence-electron chi connectivity index (χ0n) is 20.9. The van der Waals surface area contributed by atoms with Gasteiger partial charge in [-0.2, -0.15) is 5.10 Å². The molecule has 2 aliphatic rings. The second-order valence-corrected chi connectivity index (χ2v) is 10.0. The van der Waals surface area contributed by atoms with Crippen LogP contribution in [0.25, 0.3) is 22.0 Å². The minimum atomic E-state index is -0.304. The molecule has 1 aliphatic heterocycles. The number of amides is 1. The van der Waals surface area contributed by atoms with Gasteiger partial charge in [0.1, 0.15) is 11.6 Å². The third kappa shape index (κ3) is 4.93. The second-order valence-electron chi connectivity index (χ2n) is 10.0. The summed E-state index contributed by atoms with van der Waals surface area (Å²) in [5, 5.41) is 8.21. The topological polar surface area (TPSA) is 74.3 Å². The first-order chi connectivity index (χ1) is 18.1. The lowest BCUT2D eigenvalue weighted by Gasteiger charge is -2.35. The van der Waals surface area contributed by atoms with Crippen LogP contribution in [0, 0.1) is 5.82 Å². The molecule has 2 aromatic carbocycles. The molecule has 1 atom stereocenters. The van der Waals surface area contributed by atoms with Gasteiger partial charge in [-0.05, 0) is 74.7 Å². The van der Waals surface area contributed by atoms with E-state index in [1.165, 1.54) is 18.6 Å². The Kier molecular flexibility index (Phi) is 6.34. The van der Waals surface area contributed by atoms with E-state index in [9.17, 15) is 9.18 Å². The average molecular weight is 500 g/mol. The Morgan fingerprint density at radius 3 is 2.81 bits per heavy atom. The van der Waals surface area contributed by atoms with E-state index < -0.39 is 0 Å². The standard InChI is InChI=1S/C29H30FN5O2/c1-34(26(10-13-35-11-3-12-35)25-18-31-16-21-17-32-33-28(21)25)29(36)20-6-9-24(19-4-2-5-22(30)14-19)27(15-20)37-23-7-8-23/h2,4-6,9,14-18,23,26H,3,7-8,10-13H2,1H3,(H,32,33)/t26-/m1/s1. The quantitative estimate of drug-likeness (QED) is 0.342. The number of rotatable bonds is 9. The van der Waals surface area contributed by atoms with Crippen LogP contribution < -0.4 is 4.74 Å². The van der Waals surface area contributed by atoms with Crippen molar-refractivity contribution in [1.29, 1.82) is 0 Å². The van der Waals surface area contributed by atoms with Gasteiger partial charge in [0.25, 0.3) is 5.91 Å². The van der Waals surface area contributed by atoms with Crippen LogP contribution in [0.4, 0.5) is 4.39 Å². The highest BCUT2D eigenvalue weighted by Crippen LogP contribution is 2.37. The molecule has 3 heterocycles. The summed E-state index contributed by atoms with van der Waals surface area (Å²) in [4.78, 5) is 22.5. The molecule has 1 saturated carbocycles. The first kappa shape index (κ1) is 23.6. The molecule has 1 N–H and O–H groups in total. The third-order valence-electron chi connectivity index (χ3n) is 7.38. The van der Waals surface area contributed by atoms with Crippen LogP contribution in [0.1, 0.15) is 47.6 Å². The van der Waals surface area contributed by atoms with Gasteiger partial charge in [-0.1, -0.05) is 12.1 Å². The molecular weight excluding hydrogens is 469 g/mol. The summed E-state index contributed by atoms with van der Waals surface area (Å²) in [6.07, 6.45) is 9.49. The SMILES string of the molecule is CN(C(=O)c1ccc(-c2cccc(F)c2)c(OC2CC2)c1)[C@H](CCN1CCC1)c1cncc2cn[nH]c12. The molecule has 7 nitrogen and oxygen atoms in total. The van der Waals surface area contributed by atoms with Gasteiger partial charge in [0, 0.05) is 48.1 Å². The number of aromatic amines is 1. The van der Waals surface area contributed by atoms with Crippen molar-refractivity contribution in [1.82, 2.24) is 25.0 Å². The molecule has 6 rings (SSSR count). The smallest absolute Gasteiger partial charge is 0.254 e. The van der Waals surface area contributed by atoms with Crippen molar-refractivity contribution in [2.75, 3.05) is 26.7 Å². The number of fused-ring (bicyclic) bond motifs is 1. The van der Waals surface area contributed by atoms with E-state index in [2.05, 4.69) is 20.1 Å². The Bertz CT molecular complexity index is 1430. The average Bonchev–Trinajstić information content (AvgIpc) is 3.56. The summed E-state index contributed by atoms with van der Waals surface area (Å²) in [7, 11) is 1.85. The summed E-state index contributed by atoms with van der Waals surface area (Å²) < 4.78 is 20.1. The molecular formula is C29H30FN5O2. The van der Waals surface area contributed by atoms with Gasteiger partial charge in [-0.15, -0.1) is 0 Å². The fourth-order valence-corrected chi connectivity index (χ4v) is 4.97. The predicted octanol–water partition coefficient (Wildman–Crippen LogP) is 5.21. The Balaban J connectivity index is 1.33. The monoisotopic (exact) mass is 499 g/mol. The third-order valence-corrected chi connectivity index (χ3v) is 7.38. The van der Waals surface area contributed by atoms with Gasteiger partial charge in [0.15, 0.2) is 0 Å². The van der Waals surface area contributed by atoms with E-state index in [0.29, 0.717) is 11.3 Å². The number of ether oxygens (including phenoxy) is 1. The fraction of sp³-hybridized carbons (Fsp3) is 0.345. The number of nitrogens with one attached hydrogen (secondary N) is 1. The van der Waals surface area contributed by atoms with Crippen molar-refractivity contribution >= 4 is 16.8 Å². The van der Waals surface area contributed by atoms with Crippen molar-refractivity contribution in [2.24, 2.45) is 0 Å². The Morgan fingerprint density at radius 2 is 2.05 bits per heavy atom. The summed E-state index contributed by atoms with van der Waals surface area (Å²) in [5.74, 6) is 0.208. The van der Waals surface area contributed by atoms with E-state index in [0.717, 1.165) is 66.5 Å². The molecule has 4 aromatic rings.